The van der Waals surface area contributed by atoms with Crippen molar-refractivity contribution in [3.63, 3.8) is 0 Å². The van der Waals surface area contributed by atoms with Crippen LogP contribution in [0.1, 0.15) is 52.3 Å². The second-order valence-electron chi connectivity index (χ2n) is 4.54. The van der Waals surface area contributed by atoms with Gasteiger partial charge in [0.15, 0.2) is 0 Å². The van der Waals surface area contributed by atoms with E-state index in [2.05, 4.69) is 36.2 Å². The van der Waals surface area contributed by atoms with Gasteiger partial charge < -0.3 is 14.6 Å². The largest absolute Gasteiger partial charge is 0.367 e. The third-order valence-corrected chi connectivity index (χ3v) is 3.41. The molecule has 1 unspecified atom stereocenters. The molecule has 1 heterocycles. The molecule has 0 saturated heterocycles. The first-order chi connectivity index (χ1) is 8.61. The molecule has 0 saturated carbocycles. The number of ether oxygens (including phenoxy) is 1. The average Bonchev–Trinajstić information content (AvgIpc) is 2.84. The van der Waals surface area contributed by atoms with Crippen molar-refractivity contribution in [2.45, 2.75) is 58.6 Å². The number of aromatic nitrogens is 2. The summed E-state index contributed by atoms with van der Waals surface area (Å²) < 4.78 is 11.2. The molecule has 18 heavy (non-hydrogen) atoms. The Kier molecular flexibility index (Phi) is 5.75. The molecule has 5 nitrogen and oxygen atoms in total. The Morgan fingerprint density at radius 2 is 2.00 bits per heavy atom. The molecule has 0 aliphatic rings. The topological polar surface area (TPSA) is 60.2 Å². The summed E-state index contributed by atoms with van der Waals surface area (Å²) in [5.74, 6) is 1.34. The maximum atomic E-state index is 5.86. The normalized spacial score (nSPS) is 13.8. The molecule has 104 valence electrons. The Hall–Kier alpha value is -0.940. The van der Waals surface area contributed by atoms with Crippen molar-refractivity contribution in [1.29, 1.82) is 0 Å². The van der Waals surface area contributed by atoms with Gasteiger partial charge in [0.25, 0.3) is 0 Å². The summed E-state index contributed by atoms with van der Waals surface area (Å²) in [7, 11) is 1.92. The van der Waals surface area contributed by atoms with Gasteiger partial charge in [0.2, 0.25) is 11.7 Å². The van der Waals surface area contributed by atoms with E-state index in [1.54, 1.807) is 0 Å². The SMILES string of the molecule is CCOC(CC)(CC)c1noc(CC(C)NC)n1. The van der Waals surface area contributed by atoms with Gasteiger partial charge >= 0.3 is 0 Å². The molecule has 0 aliphatic heterocycles. The van der Waals surface area contributed by atoms with Crippen molar-refractivity contribution in [1.82, 2.24) is 15.5 Å². The van der Waals surface area contributed by atoms with Crippen molar-refractivity contribution in [2.24, 2.45) is 0 Å². The van der Waals surface area contributed by atoms with Crippen molar-refractivity contribution in [3.8, 4) is 0 Å². The molecule has 0 amide bonds. The van der Waals surface area contributed by atoms with Gasteiger partial charge in [-0.25, -0.2) is 0 Å². The van der Waals surface area contributed by atoms with Crippen LogP contribution >= 0.6 is 0 Å². The van der Waals surface area contributed by atoms with Crippen LogP contribution in [-0.4, -0.2) is 29.8 Å². The number of hydrogen-bond donors (Lipinski definition) is 1. The molecular weight excluding hydrogens is 230 g/mol. The standard InChI is InChI=1S/C13H25N3O2/c1-6-13(7-2,17-8-3)12-15-11(18-16-12)9-10(4)14-5/h10,14H,6-9H2,1-5H3. The first kappa shape index (κ1) is 15.1. The molecule has 1 aromatic rings. The zero-order chi connectivity index (χ0) is 13.6. The summed E-state index contributed by atoms with van der Waals surface area (Å²) in [6.45, 7) is 8.90. The minimum Gasteiger partial charge on any atom is -0.367 e. The van der Waals surface area contributed by atoms with Crippen LogP contribution in [0.2, 0.25) is 0 Å². The summed E-state index contributed by atoms with van der Waals surface area (Å²) in [5, 5.41) is 7.25. The molecule has 0 bridgehead atoms. The Bertz CT molecular complexity index is 348. The predicted molar refractivity (Wildman–Crippen MR) is 70.4 cm³/mol. The highest BCUT2D eigenvalue weighted by Gasteiger charge is 2.34. The summed E-state index contributed by atoms with van der Waals surface area (Å²) >= 11 is 0. The highest BCUT2D eigenvalue weighted by molar-refractivity contribution is 5.01. The second kappa shape index (κ2) is 6.85. The molecule has 1 aromatic heterocycles. The minimum absolute atomic E-state index is 0.322. The van der Waals surface area contributed by atoms with Crippen molar-refractivity contribution in [2.75, 3.05) is 13.7 Å². The number of nitrogens with one attached hydrogen (secondary N) is 1. The lowest BCUT2D eigenvalue weighted by atomic mass is 9.96. The summed E-state index contributed by atoms with van der Waals surface area (Å²) in [4.78, 5) is 4.49. The van der Waals surface area contributed by atoms with E-state index < -0.39 is 5.60 Å². The molecule has 0 spiro atoms. The van der Waals surface area contributed by atoms with Crippen molar-refractivity contribution >= 4 is 0 Å². The number of rotatable bonds is 8. The maximum absolute atomic E-state index is 5.86. The minimum atomic E-state index is -0.403. The van der Waals surface area contributed by atoms with Crippen LogP contribution < -0.4 is 5.32 Å². The van der Waals surface area contributed by atoms with Gasteiger partial charge in [-0.15, -0.1) is 0 Å². The van der Waals surface area contributed by atoms with Crippen LogP contribution in [0, 0.1) is 0 Å². The molecule has 1 rings (SSSR count). The average molecular weight is 255 g/mol. The lowest BCUT2D eigenvalue weighted by Crippen LogP contribution is -2.30. The van der Waals surface area contributed by atoms with Gasteiger partial charge in [-0.05, 0) is 33.7 Å². The van der Waals surface area contributed by atoms with Crippen molar-refractivity contribution in [3.05, 3.63) is 11.7 Å². The third-order valence-electron chi connectivity index (χ3n) is 3.41. The number of likely N-dealkylation sites (N-methyl/N-ethyl adjacent to an activating group) is 1. The molecule has 0 aromatic carbocycles. The number of hydrogen-bond acceptors (Lipinski definition) is 5. The summed E-state index contributed by atoms with van der Waals surface area (Å²) in [5.41, 5.74) is -0.403. The van der Waals surface area contributed by atoms with Crippen LogP contribution in [0.3, 0.4) is 0 Å². The van der Waals surface area contributed by atoms with Gasteiger partial charge in [-0.3, -0.25) is 0 Å². The zero-order valence-corrected chi connectivity index (χ0v) is 12.1. The zero-order valence-electron chi connectivity index (χ0n) is 12.1. The lowest BCUT2D eigenvalue weighted by Gasteiger charge is -2.27. The Balaban J connectivity index is 2.87. The Labute approximate surface area is 109 Å². The van der Waals surface area contributed by atoms with Gasteiger partial charge in [0.05, 0.1) is 0 Å². The first-order valence-electron chi connectivity index (χ1n) is 6.76. The lowest BCUT2D eigenvalue weighted by molar-refractivity contribution is -0.0583. The first-order valence-corrected chi connectivity index (χ1v) is 6.76. The summed E-state index contributed by atoms with van der Waals surface area (Å²) in [6.07, 6.45) is 2.43. The highest BCUT2D eigenvalue weighted by Crippen LogP contribution is 2.30. The van der Waals surface area contributed by atoms with E-state index in [-0.39, 0.29) is 0 Å². The fourth-order valence-electron chi connectivity index (χ4n) is 2.00. The Morgan fingerprint density at radius 1 is 1.33 bits per heavy atom. The van der Waals surface area contributed by atoms with Crippen LogP contribution in [0.4, 0.5) is 0 Å². The van der Waals surface area contributed by atoms with Gasteiger partial charge in [0, 0.05) is 19.1 Å². The fraction of sp³-hybridized carbons (Fsp3) is 0.846. The van der Waals surface area contributed by atoms with E-state index >= 15 is 0 Å². The van der Waals surface area contributed by atoms with Crippen LogP contribution in [-0.2, 0) is 16.8 Å². The molecule has 5 heteroatoms. The molecule has 1 atom stereocenters. The van der Waals surface area contributed by atoms with Gasteiger partial charge in [-0.1, -0.05) is 19.0 Å². The predicted octanol–water partition coefficient (Wildman–Crippen LogP) is 2.27. The summed E-state index contributed by atoms with van der Waals surface area (Å²) in [6, 6.07) is 0.322. The van der Waals surface area contributed by atoms with E-state index in [1.807, 2.05) is 14.0 Å². The molecular formula is C13H25N3O2. The van der Waals surface area contributed by atoms with E-state index in [0.29, 0.717) is 24.4 Å². The number of nitrogens with zero attached hydrogens (tertiary/aromatic N) is 2. The van der Waals surface area contributed by atoms with Crippen molar-refractivity contribution < 1.29 is 9.26 Å². The smallest absolute Gasteiger partial charge is 0.228 e. The van der Waals surface area contributed by atoms with Crippen LogP contribution in [0.25, 0.3) is 0 Å². The van der Waals surface area contributed by atoms with Gasteiger partial charge in [-0.2, -0.15) is 4.98 Å². The second-order valence-corrected chi connectivity index (χ2v) is 4.54. The maximum Gasteiger partial charge on any atom is 0.228 e. The van der Waals surface area contributed by atoms with E-state index in [4.69, 9.17) is 9.26 Å². The van der Waals surface area contributed by atoms with Crippen LogP contribution in [0.15, 0.2) is 4.52 Å². The molecule has 0 fully saturated rings. The van der Waals surface area contributed by atoms with E-state index in [1.165, 1.54) is 0 Å². The quantitative estimate of drug-likeness (QED) is 0.772. The monoisotopic (exact) mass is 255 g/mol. The molecule has 0 aliphatic carbocycles. The van der Waals surface area contributed by atoms with Crippen LogP contribution in [0.5, 0.6) is 0 Å². The highest BCUT2D eigenvalue weighted by atomic mass is 16.5. The molecule has 0 radical (unpaired) electrons. The fourth-order valence-corrected chi connectivity index (χ4v) is 2.00. The van der Waals surface area contributed by atoms with Gasteiger partial charge in [0.1, 0.15) is 5.60 Å². The Morgan fingerprint density at radius 3 is 2.50 bits per heavy atom. The van der Waals surface area contributed by atoms with E-state index in [0.717, 1.165) is 19.3 Å². The van der Waals surface area contributed by atoms with E-state index in [9.17, 15) is 0 Å². The third kappa shape index (κ3) is 3.29. The molecule has 1 N–H and O–H groups in total.